The number of hydrogen-bond donors (Lipinski definition) is 1. The number of allylic oxidation sites excluding steroid dienone is 1. The molecule has 4 heteroatoms. The van der Waals surface area contributed by atoms with Crippen LogP contribution in [0.5, 0.6) is 0 Å². The SMILES string of the molecule is CCCCc1ccc(-c2cc(=O)c3c(o2)C(CC)(CC)C(=O)C(CC)=C3O)cc1. The molecule has 154 valence electrons. The lowest BCUT2D eigenvalue weighted by molar-refractivity contribution is -0.122. The molecule has 0 fully saturated rings. The third kappa shape index (κ3) is 3.45. The number of aliphatic hydroxyl groups is 1. The number of rotatable bonds is 7. The first-order chi connectivity index (χ1) is 13.9. The minimum Gasteiger partial charge on any atom is -0.507 e. The molecule has 2 aromatic rings. The van der Waals surface area contributed by atoms with Gasteiger partial charge in [-0.2, -0.15) is 0 Å². The Morgan fingerprint density at radius 1 is 1.00 bits per heavy atom. The Labute approximate surface area is 172 Å². The number of ketones is 1. The molecule has 0 bridgehead atoms. The van der Waals surface area contributed by atoms with Gasteiger partial charge in [0.25, 0.3) is 0 Å². The van der Waals surface area contributed by atoms with E-state index in [1.54, 1.807) is 0 Å². The molecule has 1 aliphatic carbocycles. The van der Waals surface area contributed by atoms with Crippen molar-refractivity contribution in [3.63, 3.8) is 0 Å². The largest absolute Gasteiger partial charge is 0.507 e. The normalized spacial score (nSPS) is 15.5. The molecule has 1 aliphatic rings. The Morgan fingerprint density at radius 3 is 2.21 bits per heavy atom. The predicted octanol–water partition coefficient (Wildman–Crippen LogP) is 5.97. The summed E-state index contributed by atoms with van der Waals surface area (Å²) in [5.41, 5.74) is 1.29. The van der Waals surface area contributed by atoms with Gasteiger partial charge in [0.15, 0.2) is 11.2 Å². The van der Waals surface area contributed by atoms with Crippen molar-refractivity contribution in [2.45, 2.75) is 71.6 Å². The molecule has 0 aliphatic heterocycles. The number of aryl methyl sites for hydroxylation is 1. The zero-order chi connectivity index (χ0) is 21.2. The second kappa shape index (κ2) is 8.40. The first-order valence-corrected chi connectivity index (χ1v) is 10.7. The Balaban J connectivity index is 2.18. The summed E-state index contributed by atoms with van der Waals surface area (Å²) in [7, 11) is 0. The lowest BCUT2D eigenvalue weighted by Crippen LogP contribution is -2.41. The number of benzene rings is 1. The molecule has 3 rings (SSSR count). The number of aliphatic hydroxyl groups excluding tert-OH is 1. The van der Waals surface area contributed by atoms with Crippen molar-refractivity contribution >= 4 is 11.5 Å². The molecule has 1 aromatic carbocycles. The van der Waals surface area contributed by atoms with Gasteiger partial charge in [-0.15, -0.1) is 0 Å². The Morgan fingerprint density at radius 2 is 1.66 bits per heavy atom. The van der Waals surface area contributed by atoms with Crippen LogP contribution in [0.2, 0.25) is 0 Å². The van der Waals surface area contributed by atoms with E-state index in [9.17, 15) is 14.7 Å². The summed E-state index contributed by atoms with van der Waals surface area (Å²) in [5.74, 6) is 0.382. The molecule has 0 saturated heterocycles. The van der Waals surface area contributed by atoms with Gasteiger partial charge in [0.1, 0.15) is 22.8 Å². The number of carbonyl (C=O) groups is 1. The summed E-state index contributed by atoms with van der Waals surface area (Å²) in [5, 5.41) is 10.7. The molecule has 0 atom stereocenters. The van der Waals surface area contributed by atoms with E-state index < -0.39 is 5.41 Å². The van der Waals surface area contributed by atoms with Crippen molar-refractivity contribution in [3.05, 3.63) is 63.0 Å². The van der Waals surface area contributed by atoms with Gasteiger partial charge in [0.2, 0.25) is 0 Å². The third-order valence-electron chi connectivity index (χ3n) is 6.23. The number of carbonyl (C=O) groups excluding carboxylic acids is 1. The standard InChI is InChI=1S/C25H30O4/c1-5-9-10-16-11-13-17(14-12-16)20-15-19(26)21-22(27)18(6-2)23(28)25(7-3,8-4)24(21)29-20/h11-15,27H,5-10H2,1-4H3. The quantitative estimate of drug-likeness (QED) is 0.628. The number of hydrogen-bond acceptors (Lipinski definition) is 4. The van der Waals surface area contributed by atoms with E-state index in [2.05, 4.69) is 19.1 Å². The van der Waals surface area contributed by atoms with Crippen LogP contribution in [0.15, 0.2) is 45.1 Å². The van der Waals surface area contributed by atoms with Crippen LogP contribution in [-0.4, -0.2) is 10.9 Å². The maximum Gasteiger partial charge on any atom is 0.196 e. The van der Waals surface area contributed by atoms with E-state index in [1.807, 2.05) is 32.9 Å². The van der Waals surface area contributed by atoms with Gasteiger partial charge in [-0.05, 0) is 37.7 Å². The molecular weight excluding hydrogens is 364 g/mol. The first-order valence-electron chi connectivity index (χ1n) is 10.7. The smallest absolute Gasteiger partial charge is 0.196 e. The van der Waals surface area contributed by atoms with E-state index in [-0.39, 0.29) is 22.5 Å². The van der Waals surface area contributed by atoms with Crippen LogP contribution in [0, 0.1) is 0 Å². The van der Waals surface area contributed by atoms with Crippen molar-refractivity contribution in [2.75, 3.05) is 0 Å². The summed E-state index contributed by atoms with van der Waals surface area (Å²) in [4.78, 5) is 26.2. The fourth-order valence-corrected chi connectivity index (χ4v) is 4.28. The van der Waals surface area contributed by atoms with Gasteiger partial charge in [0, 0.05) is 17.2 Å². The van der Waals surface area contributed by atoms with Crippen LogP contribution in [0.1, 0.15) is 76.7 Å². The lowest BCUT2D eigenvalue weighted by Gasteiger charge is -2.35. The highest BCUT2D eigenvalue weighted by Crippen LogP contribution is 2.44. The number of unbranched alkanes of at least 4 members (excludes halogenated alkanes) is 1. The minimum absolute atomic E-state index is 0.134. The van der Waals surface area contributed by atoms with Crippen LogP contribution >= 0.6 is 0 Å². The van der Waals surface area contributed by atoms with Crippen molar-refractivity contribution < 1.29 is 14.3 Å². The van der Waals surface area contributed by atoms with Crippen LogP contribution in [0.4, 0.5) is 0 Å². The maximum atomic E-state index is 13.2. The lowest BCUT2D eigenvalue weighted by atomic mass is 9.68. The Kier molecular flexibility index (Phi) is 6.11. The highest BCUT2D eigenvalue weighted by molar-refractivity contribution is 6.10. The summed E-state index contributed by atoms with van der Waals surface area (Å²) in [6.45, 7) is 7.84. The van der Waals surface area contributed by atoms with Gasteiger partial charge in [0.05, 0.1) is 5.41 Å². The van der Waals surface area contributed by atoms with E-state index in [4.69, 9.17) is 4.42 Å². The Bertz CT molecular complexity index is 988. The van der Waals surface area contributed by atoms with E-state index in [0.29, 0.717) is 36.4 Å². The van der Waals surface area contributed by atoms with Crippen molar-refractivity contribution in [2.24, 2.45) is 0 Å². The van der Waals surface area contributed by atoms with Gasteiger partial charge in [-0.3, -0.25) is 9.59 Å². The van der Waals surface area contributed by atoms with Gasteiger partial charge in [-0.1, -0.05) is 58.4 Å². The molecule has 0 spiro atoms. The topological polar surface area (TPSA) is 67.5 Å². The molecule has 1 heterocycles. The molecule has 4 nitrogen and oxygen atoms in total. The van der Waals surface area contributed by atoms with Crippen LogP contribution < -0.4 is 5.43 Å². The van der Waals surface area contributed by atoms with Crippen molar-refractivity contribution in [1.29, 1.82) is 0 Å². The molecule has 29 heavy (non-hydrogen) atoms. The highest BCUT2D eigenvalue weighted by atomic mass is 16.3. The van der Waals surface area contributed by atoms with E-state index in [1.165, 1.54) is 11.6 Å². The molecule has 0 radical (unpaired) electrons. The van der Waals surface area contributed by atoms with E-state index >= 15 is 0 Å². The molecule has 0 saturated carbocycles. The van der Waals surface area contributed by atoms with Crippen LogP contribution in [-0.2, 0) is 16.6 Å². The maximum absolute atomic E-state index is 13.2. The average molecular weight is 395 g/mol. The third-order valence-corrected chi connectivity index (χ3v) is 6.23. The minimum atomic E-state index is -0.914. The molecule has 1 N–H and O–H groups in total. The molecule has 1 aromatic heterocycles. The fraction of sp³-hybridized carbons (Fsp3) is 0.440. The molecule has 0 unspecified atom stereocenters. The summed E-state index contributed by atoms with van der Waals surface area (Å²) in [6, 6.07) is 9.43. The zero-order valence-corrected chi connectivity index (χ0v) is 17.8. The van der Waals surface area contributed by atoms with Crippen molar-refractivity contribution in [1.82, 2.24) is 0 Å². The number of Topliss-reactive ketones (excluding diaryl/α,β-unsaturated/α-hetero) is 1. The summed E-state index contributed by atoms with van der Waals surface area (Å²) in [6.07, 6.45) is 4.69. The highest BCUT2D eigenvalue weighted by Gasteiger charge is 2.48. The number of fused-ring (bicyclic) bond motifs is 1. The van der Waals surface area contributed by atoms with Gasteiger partial charge in [-0.25, -0.2) is 0 Å². The van der Waals surface area contributed by atoms with E-state index in [0.717, 1.165) is 24.8 Å². The van der Waals surface area contributed by atoms with Gasteiger partial charge < -0.3 is 9.52 Å². The predicted molar refractivity (Wildman–Crippen MR) is 116 cm³/mol. The van der Waals surface area contributed by atoms with Crippen LogP contribution in [0.25, 0.3) is 17.1 Å². The average Bonchev–Trinajstić information content (AvgIpc) is 2.73. The van der Waals surface area contributed by atoms with Crippen molar-refractivity contribution in [3.8, 4) is 11.3 Å². The fourth-order valence-electron chi connectivity index (χ4n) is 4.28. The summed E-state index contributed by atoms with van der Waals surface area (Å²) < 4.78 is 6.20. The second-order valence-electron chi connectivity index (χ2n) is 7.78. The zero-order valence-electron chi connectivity index (χ0n) is 17.8. The monoisotopic (exact) mass is 394 g/mol. The molecule has 0 amide bonds. The van der Waals surface area contributed by atoms with Crippen LogP contribution in [0.3, 0.4) is 0 Å². The molecular formula is C25H30O4. The Hall–Kier alpha value is -2.62. The second-order valence-corrected chi connectivity index (χ2v) is 7.78. The van der Waals surface area contributed by atoms with Gasteiger partial charge >= 0.3 is 0 Å². The first kappa shape index (κ1) is 21.1. The summed E-state index contributed by atoms with van der Waals surface area (Å²) >= 11 is 0.